The monoisotopic (exact) mass is 161 g/mol. The molecule has 11 heavy (non-hydrogen) atoms. The number of hydrogen-bond donors (Lipinski definition) is 2. The molecule has 0 unspecified atom stereocenters. The van der Waals surface area contributed by atoms with Gasteiger partial charge in [-0.25, -0.2) is 0 Å². The first-order valence-electron chi connectivity index (χ1n) is 3.42. The lowest BCUT2D eigenvalue weighted by Crippen LogP contribution is -2.56. The molecular formula is C7H15NO3. The lowest BCUT2D eigenvalue weighted by Gasteiger charge is -2.34. The smallest absolute Gasteiger partial charge is 0.326 e. The van der Waals surface area contributed by atoms with Gasteiger partial charge in [0.05, 0.1) is 6.10 Å². The minimum Gasteiger partial charge on any atom is -0.480 e. The summed E-state index contributed by atoms with van der Waals surface area (Å²) in [5.41, 5.74) is -1.19. The van der Waals surface area contributed by atoms with Crippen LogP contribution in [0.3, 0.4) is 0 Å². The van der Waals surface area contributed by atoms with Crippen molar-refractivity contribution in [1.82, 2.24) is 4.90 Å². The van der Waals surface area contributed by atoms with Crippen molar-refractivity contribution in [3.05, 3.63) is 0 Å². The number of aliphatic carboxylic acids is 1. The zero-order chi connectivity index (χ0) is 9.23. The molecule has 4 nitrogen and oxygen atoms in total. The van der Waals surface area contributed by atoms with Crippen LogP contribution in [0.15, 0.2) is 0 Å². The van der Waals surface area contributed by atoms with Gasteiger partial charge in [-0.2, -0.15) is 0 Å². The second kappa shape index (κ2) is 3.19. The topological polar surface area (TPSA) is 60.8 Å². The minimum atomic E-state index is -1.19. The highest BCUT2D eigenvalue weighted by Crippen LogP contribution is 2.16. The molecule has 0 aromatic heterocycles. The van der Waals surface area contributed by atoms with Gasteiger partial charge in [-0.15, -0.1) is 0 Å². The van der Waals surface area contributed by atoms with Gasteiger partial charge in [0.15, 0.2) is 0 Å². The average molecular weight is 161 g/mol. The normalized spacial score (nSPS) is 19.5. The van der Waals surface area contributed by atoms with E-state index < -0.39 is 17.6 Å². The minimum absolute atomic E-state index is 0.894. The summed E-state index contributed by atoms with van der Waals surface area (Å²) in [6, 6.07) is 0. The molecule has 0 radical (unpaired) electrons. The summed E-state index contributed by atoms with van der Waals surface area (Å²) in [6.45, 7) is 2.95. The molecule has 66 valence electrons. The maximum Gasteiger partial charge on any atom is 0.326 e. The van der Waals surface area contributed by atoms with E-state index in [1.165, 1.54) is 18.7 Å². The van der Waals surface area contributed by atoms with E-state index in [4.69, 9.17) is 5.11 Å². The Morgan fingerprint density at radius 2 is 1.91 bits per heavy atom. The van der Waals surface area contributed by atoms with E-state index in [0.29, 0.717) is 0 Å². The van der Waals surface area contributed by atoms with Gasteiger partial charge in [0.1, 0.15) is 5.54 Å². The van der Waals surface area contributed by atoms with E-state index in [0.717, 1.165) is 0 Å². The molecule has 0 heterocycles. The number of carboxylic acids is 1. The van der Waals surface area contributed by atoms with Gasteiger partial charge in [-0.1, -0.05) is 0 Å². The van der Waals surface area contributed by atoms with E-state index in [1.54, 1.807) is 14.1 Å². The third-order valence-electron chi connectivity index (χ3n) is 2.18. The fourth-order valence-corrected chi connectivity index (χ4v) is 0.744. The Balaban J connectivity index is 4.67. The number of likely N-dealkylation sites (N-methyl/N-ethyl adjacent to an activating group) is 1. The first kappa shape index (κ1) is 10.4. The van der Waals surface area contributed by atoms with E-state index >= 15 is 0 Å². The van der Waals surface area contributed by atoms with Gasteiger partial charge in [0.25, 0.3) is 0 Å². The fourth-order valence-electron chi connectivity index (χ4n) is 0.744. The number of hydrogen-bond acceptors (Lipinski definition) is 3. The van der Waals surface area contributed by atoms with Crippen LogP contribution in [0.1, 0.15) is 13.8 Å². The van der Waals surface area contributed by atoms with Gasteiger partial charge in [-0.3, -0.25) is 9.69 Å². The lowest BCUT2D eigenvalue weighted by molar-refractivity contribution is -0.155. The van der Waals surface area contributed by atoms with Gasteiger partial charge < -0.3 is 10.2 Å². The van der Waals surface area contributed by atoms with E-state index in [2.05, 4.69) is 0 Å². The molecule has 0 aliphatic heterocycles. The molecule has 0 aliphatic carbocycles. The Morgan fingerprint density at radius 3 is 1.91 bits per heavy atom. The van der Waals surface area contributed by atoms with Gasteiger partial charge in [0.2, 0.25) is 0 Å². The fraction of sp³-hybridized carbons (Fsp3) is 0.857. The average Bonchev–Trinajstić information content (AvgIpc) is 1.84. The van der Waals surface area contributed by atoms with E-state index in [1.807, 2.05) is 0 Å². The van der Waals surface area contributed by atoms with E-state index in [-0.39, 0.29) is 0 Å². The van der Waals surface area contributed by atoms with Crippen molar-refractivity contribution in [1.29, 1.82) is 0 Å². The molecule has 0 saturated carbocycles. The molecule has 2 N–H and O–H groups in total. The highest BCUT2D eigenvalue weighted by atomic mass is 16.4. The molecule has 0 aliphatic rings. The second-order valence-corrected chi connectivity index (χ2v) is 3.02. The van der Waals surface area contributed by atoms with Crippen molar-refractivity contribution in [2.75, 3.05) is 14.1 Å². The van der Waals surface area contributed by atoms with Crippen molar-refractivity contribution in [2.45, 2.75) is 25.5 Å². The maximum atomic E-state index is 10.7. The van der Waals surface area contributed by atoms with Gasteiger partial charge in [-0.05, 0) is 27.9 Å². The molecule has 0 saturated heterocycles. The Kier molecular flexibility index (Phi) is 3.02. The maximum absolute atomic E-state index is 10.7. The zero-order valence-electron chi connectivity index (χ0n) is 7.33. The predicted molar refractivity (Wildman–Crippen MR) is 41.4 cm³/mol. The molecule has 0 amide bonds. The van der Waals surface area contributed by atoms with Crippen molar-refractivity contribution in [3.8, 4) is 0 Å². The number of nitrogens with zero attached hydrogens (tertiary/aromatic N) is 1. The SMILES string of the molecule is C[C@@H](O)[C@@](C)(C(=O)O)N(C)C. The number of carboxylic acid groups (broad SMARTS) is 1. The third kappa shape index (κ3) is 1.70. The van der Waals surface area contributed by atoms with Crippen LogP contribution >= 0.6 is 0 Å². The van der Waals surface area contributed by atoms with E-state index in [9.17, 15) is 9.90 Å². The molecule has 4 heteroatoms. The van der Waals surface area contributed by atoms with Gasteiger partial charge >= 0.3 is 5.97 Å². The van der Waals surface area contributed by atoms with Crippen LogP contribution in [-0.4, -0.2) is 46.8 Å². The lowest BCUT2D eigenvalue weighted by atomic mass is 9.95. The summed E-state index contributed by atoms with van der Waals surface area (Å²) in [5, 5.41) is 18.0. The van der Waals surface area contributed by atoms with Crippen molar-refractivity contribution in [3.63, 3.8) is 0 Å². The third-order valence-corrected chi connectivity index (χ3v) is 2.18. The first-order chi connectivity index (χ1) is 4.83. The van der Waals surface area contributed by atoms with Crippen LogP contribution in [0.25, 0.3) is 0 Å². The standard InChI is InChI=1S/C7H15NO3/c1-5(9)7(2,6(10)11)8(3)4/h5,9H,1-4H3,(H,10,11)/t5-,7+/m1/s1. The van der Waals surface area contributed by atoms with Gasteiger partial charge in [0, 0.05) is 0 Å². The Morgan fingerprint density at radius 1 is 1.55 bits per heavy atom. The Hall–Kier alpha value is -0.610. The molecule has 0 bridgehead atoms. The Bertz CT molecular complexity index is 146. The number of aliphatic hydroxyl groups is 1. The van der Waals surface area contributed by atoms with Crippen LogP contribution in [0.4, 0.5) is 0 Å². The van der Waals surface area contributed by atoms with Crippen molar-refractivity contribution >= 4 is 5.97 Å². The van der Waals surface area contributed by atoms with Crippen LogP contribution < -0.4 is 0 Å². The summed E-state index contributed by atoms with van der Waals surface area (Å²) < 4.78 is 0. The van der Waals surface area contributed by atoms with Crippen LogP contribution in [-0.2, 0) is 4.79 Å². The van der Waals surface area contributed by atoms with Crippen molar-refractivity contribution in [2.24, 2.45) is 0 Å². The summed E-state index contributed by atoms with van der Waals surface area (Å²) in [6.07, 6.45) is -0.894. The predicted octanol–water partition coefficient (Wildman–Crippen LogP) is -0.228. The van der Waals surface area contributed by atoms with Crippen LogP contribution in [0.2, 0.25) is 0 Å². The molecule has 0 spiro atoms. The summed E-state index contributed by atoms with van der Waals surface area (Å²) in [4.78, 5) is 12.2. The molecular weight excluding hydrogens is 146 g/mol. The Labute approximate surface area is 66.4 Å². The molecule has 0 rings (SSSR count). The largest absolute Gasteiger partial charge is 0.480 e. The highest BCUT2D eigenvalue weighted by molar-refractivity contribution is 5.78. The summed E-state index contributed by atoms with van der Waals surface area (Å²) in [7, 11) is 3.25. The zero-order valence-corrected chi connectivity index (χ0v) is 7.33. The molecule has 0 fully saturated rings. The van der Waals surface area contributed by atoms with Crippen LogP contribution in [0, 0.1) is 0 Å². The number of carbonyl (C=O) groups is 1. The molecule has 2 atom stereocenters. The second-order valence-electron chi connectivity index (χ2n) is 3.02. The highest BCUT2D eigenvalue weighted by Gasteiger charge is 2.40. The quantitative estimate of drug-likeness (QED) is 0.600. The summed E-state index contributed by atoms with van der Waals surface area (Å²) >= 11 is 0. The van der Waals surface area contributed by atoms with Crippen LogP contribution in [0.5, 0.6) is 0 Å². The first-order valence-corrected chi connectivity index (χ1v) is 3.42. The number of aliphatic hydroxyl groups excluding tert-OH is 1. The number of rotatable bonds is 3. The molecule has 0 aromatic carbocycles. The molecule has 0 aromatic rings. The van der Waals surface area contributed by atoms with Crippen molar-refractivity contribution < 1.29 is 15.0 Å². The summed E-state index contributed by atoms with van der Waals surface area (Å²) in [5.74, 6) is -1.02.